The molecule has 1 heterocycles. The van der Waals surface area contributed by atoms with Crippen molar-refractivity contribution in [2.24, 2.45) is 0 Å². The molecule has 5 nitrogen and oxygen atoms in total. The van der Waals surface area contributed by atoms with E-state index in [0.29, 0.717) is 6.07 Å². The number of benzene rings is 1. The quantitative estimate of drug-likeness (QED) is 0.758. The van der Waals surface area contributed by atoms with Gasteiger partial charge in [-0.1, -0.05) is 6.07 Å². The van der Waals surface area contributed by atoms with E-state index in [-0.39, 0.29) is 10.1 Å². The van der Waals surface area contributed by atoms with E-state index in [4.69, 9.17) is 16.7 Å². The molecule has 0 amide bonds. The van der Waals surface area contributed by atoms with Gasteiger partial charge in [0.1, 0.15) is 0 Å². The largest absolute Gasteiger partial charge is 0.464 e. The summed E-state index contributed by atoms with van der Waals surface area (Å²) in [5, 5.41) is 7.21. The van der Waals surface area contributed by atoms with Gasteiger partial charge in [0.2, 0.25) is 5.28 Å². The van der Waals surface area contributed by atoms with Crippen molar-refractivity contribution < 1.29 is 23.1 Å². The van der Waals surface area contributed by atoms with E-state index in [1.54, 1.807) is 0 Å². The van der Waals surface area contributed by atoms with Crippen LogP contribution >= 0.6 is 11.6 Å². The van der Waals surface area contributed by atoms with Crippen molar-refractivity contribution in [1.29, 1.82) is 0 Å². The normalized spacial score (nSPS) is 11.8. The molecular formula is C10H4ClF3N2O3. The van der Waals surface area contributed by atoms with Crippen LogP contribution in [-0.2, 0) is 6.18 Å². The summed E-state index contributed by atoms with van der Waals surface area (Å²) < 4.78 is 38.3. The molecule has 0 bridgehead atoms. The Morgan fingerprint density at radius 2 is 2.00 bits per heavy atom. The van der Waals surface area contributed by atoms with E-state index in [0.717, 1.165) is 12.1 Å². The number of nitrogens with zero attached hydrogens (tertiary/aromatic N) is 2. The van der Waals surface area contributed by atoms with Crippen molar-refractivity contribution in [2.45, 2.75) is 6.18 Å². The Morgan fingerprint density at radius 3 is 2.53 bits per heavy atom. The molecule has 9 heteroatoms. The first-order valence-corrected chi connectivity index (χ1v) is 5.13. The fraction of sp³-hybridized carbons (Fsp3) is 0.100. The van der Waals surface area contributed by atoms with Gasteiger partial charge in [-0.3, -0.25) is 4.79 Å². The molecular weight excluding hydrogens is 289 g/mol. The van der Waals surface area contributed by atoms with Crippen LogP contribution < -0.4 is 5.56 Å². The molecule has 1 aromatic heterocycles. The summed E-state index contributed by atoms with van der Waals surface area (Å²) in [6.45, 7) is 0. The maximum atomic E-state index is 12.8. The van der Waals surface area contributed by atoms with Gasteiger partial charge < -0.3 is 5.11 Å². The first kappa shape index (κ1) is 13.3. The zero-order chi connectivity index (χ0) is 14.4. The Bertz CT molecular complexity index is 739. The molecule has 0 saturated heterocycles. The van der Waals surface area contributed by atoms with Gasteiger partial charge in [-0.15, -0.1) is 0 Å². The number of aromatic nitrogens is 2. The van der Waals surface area contributed by atoms with Gasteiger partial charge in [-0.2, -0.15) is 17.7 Å². The molecule has 0 aliphatic rings. The Labute approximate surface area is 107 Å². The van der Waals surface area contributed by atoms with E-state index < -0.39 is 34.1 Å². The molecule has 0 unspecified atom stereocenters. The van der Waals surface area contributed by atoms with E-state index in [1.807, 2.05) is 0 Å². The number of fused-ring (bicyclic) bond motifs is 1. The lowest BCUT2D eigenvalue weighted by atomic mass is 10.1. The van der Waals surface area contributed by atoms with Gasteiger partial charge >= 0.3 is 12.3 Å². The van der Waals surface area contributed by atoms with Crippen molar-refractivity contribution in [2.75, 3.05) is 0 Å². The third-order valence-corrected chi connectivity index (χ3v) is 2.61. The molecule has 1 N–H and O–H groups in total. The minimum absolute atomic E-state index is 0.0425. The number of alkyl halides is 3. The van der Waals surface area contributed by atoms with E-state index in [1.165, 1.54) is 0 Å². The first-order chi connectivity index (χ1) is 8.73. The highest BCUT2D eigenvalue weighted by atomic mass is 35.5. The predicted molar refractivity (Wildman–Crippen MR) is 59.4 cm³/mol. The van der Waals surface area contributed by atoms with E-state index >= 15 is 0 Å². The minimum Gasteiger partial charge on any atom is -0.464 e. The van der Waals surface area contributed by atoms with Gasteiger partial charge in [0.25, 0.3) is 5.56 Å². The molecule has 2 rings (SSSR count). The molecule has 0 radical (unpaired) electrons. The van der Waals surface area contributed by atoms with Gasteiger partial charge in [-0.25, -0.2) is 9.78 Å². The molecule has 0 fully saturated rings. The summed E-state index contributed by atoms with van der Waals surface area (Å²) in [6.07, 6.45) is -6.61. The van der Waals surface area contributed by atoms with Crippen molar-refractivity contribution in [3.8, 4) is 0 Å². The van der Waals surface area contributed by atoms with Crippen LogP contribution in [0.25, 0.3) is 10.9 Å². The molecule has 100 valence electrons. The van der Waals surface area contributed by atoms with Crippen LogP contribution in [-0.4, -0.2) is 20.8 Å². The van der Waals surface area contributed by atoms with Crippen LogP contribution in [0.3, 0.4) is 0 Å². The second-order valence-corrected chi connectivity index (χ2v) is 3.84. The third-order valence-electron chi connectivity index (χ3n) is 2.35. The molecule has 0 aliphatic carbocycles. The molecule has 0 saturated carbocycles. The fourth-order valence-electron chi connectivity index (χ4n) is 1.61. The smallest absolute Gasteiger partial charge is 0.421 e. The fourth-order valence-corrected chi connectivity index (χ4v) is 1.85. The van der Waals surface area contributed by atoms with Gasteiger partial charge in [0.05, 0.1) is 16.5 Å². The van der Waals surface area contributed by atoms with Gasteiger partial charge in [-0.05, 0) is 23.7 Å². The number of hydrogen-bond donors (Lipinski definition) is 1. The molecule has 2 aromatic rings. The molecule has 0 atom stereocenters. The van der Waals surface area contributed by atoms with Crippen molar-refractivity contribution in [3.63, 3.8) is 0 Å². The Morgan fingerprint density at radius 1 is 1.37 bits per heavy atom. The van der Waals surface area contributed by atoms with Crippen molar-refractivity contribution in [1.82, 2.24) is 9.55 Å². The number of carboxylic acid groups (broad SMARTS) is 1. The molecule has 19 heavy (non-hydrogen) atoms. The van der Waals surface area contributed by atoms with Crippen molar-refractivity contribution >= 4 is 28.6 Å². The second kappa shape index (κ2) is 4.23. The summed E-state index contributed by atoms with van der Waals surface area (Å²) in [5.74, 6) is 0. The zero-order valence-corrected chi connectivity index (χ0v) is 9.66. The standard InChI is InChI=1S/C10H4ClF3N2O3/c11-8-15-5-3-1-2-4(10(12,13)14)6(5)7(17)16(8)9(18)19/h1-3H,(H,18,19). The lowest BCUT2D eigenvalue weighted by molar-refractivity contribution is -0.136. The highest BCUT2D eigenvalue weighted by molar-refractivity contribution is 6.29. The highest BCUT2D eigenvalue weighted by Gasteiger charge is 2.34. The number of rotatable bonds is 0. The molecule has 1 aromatic carbocycles. The van der Waals surface area contributed by atoms with Crippen LogP contribution in [0.4, 0.5) is 18.0 Å². The summed E-state index contributed by atoms with van der Waals surface area (Å²) in [6, 6.07) is 2.87. The van der Waals surface area contributed by atoms with Crippen LogP contribution in [0.5, 0.6) is 0 Å². The number of hydrogen-bond acceptors (Lipinski definition) is 3. The van der Waals surface area contributed by atoms with Gasteiger partial charge in [0, 0.05) is 0 Å². The van der Waals surface area contributed by atoms with Gasteiger partial charge in [0.15, 0.2) is 0 Å². The monoisotopic (exact) mass is 292 g/mol. The lowest BCUT2D eigenvalue weighted by Gasteiger charge is -2.10. The Balaban J connectivity index is 3.02. The SMILES string of the molecule is O=C(O)n1c(Cl)nc2cccc(C(F)(F)F)c2c1=O. The minimum atomic E-state index is -4.80. The summed E-state index contributed by atoms with van der Waals surface area (Å²) in [5.41, 5.74) is -2.95. The summed E-state index contributed by atoms with van der Waals surface area (Å²) >= 11 is 5.46. The number of halogens is 4. The summed E-state index contributed by atoms with van der Waals surface area (Å²) in [7, 11) is 0. The lowest BCUT2D eigenvalue weighted by Crippen LogP contribution is -2.29. The number of carbonyl (C=O) groups is 1. The third kappa shape index (κ3) is 2.14. The van der Waals surface area contributed by atoms with Crippen LogP contribution in [0, 0.1) is 0 Å². The first-order valence-electron chi connectivity index (χ1n) is 4.75. The van der Waals surface area contributed by atoms with E-state index in [9.17, 15) is 22.8 Å². The molecule has 0 aliphatic heterocycles. The van der Waals surface area contributed by atoms with Crippen molar-refractivity contribution in [3.05, 3.63) is 39.4 Å². The maximum absolute atomic E-state index is 12.8. The van der Waals surface area contributed by atoms with Crippen LogP contribution in [0.2, 0.25) is 5.28 Å². The average molecular weight is 293 g/mol. The van der Waals surface area contributed by atoms with E-state index in [2.05, 4.69) is 4.98 Å². The average Bonchev–Trinajstić information content (AvgIpc) is 2.26. The summed E-state index contributed by atoms with van der Waals surface area (Å²) in [4.78, 5) is 26.1. The van der Waals surface area contributed by atoms with Crippen LogP contribution in [0.1, 0.15) is 5.56 Å². The Kier molecular flexibility index (Phi) is 2.97. The molecule has 0 spiro atoms. The highest BCUT2D eigenvalue weighted by Crippen LogP contribution is 2.33. The topological polar surface area (TPSA) is 72.2 Å². The Hall–Kier alpha value is -2.09. The maximum Gasteiger partial charge on any atom is 0.421 e. The van der Waals surface area contributed by atoms with Crippen LogP contribution in [0.15, 0.2) is 23.0 Å². The zero-order valence-electron chi connectivity index (χ0n) is 8.90. The predicted octanol–water partition coefficient (Wildman–Crippen LogP) is 2.59. The second-order valence-electron chi connectivity index (χ2n) is 3.50.